The van der Waals surface area contributed by atoms with E-state index in [-0.39, 0.29) is 11.1 Å². The lowest BCUT2D eigenvalue weighted by Gasteiger charge is -2.37. The summed E-state index contributed by atoms with van der Waals surface area (Å²) < 4.78 is 32.1. The van der Waals surface area contributed by atoms with E-state index in [1.807, 2.05) is 0 Å². The van der Waals surface area contributed by atoms with Crippen molar-refractivity contribution in [2.24, 2.45) is 5.92 Å². The van der Waals surface area contributed by atoms with E-state index in [2.05, 4.69) is 6.58 Å². The van der Waals surface area contributed by atoms with Gasteiger partial charge in [-0.2, -0.15) is 0 Å². The summed E-state index contributed by atoms with van der Waals surface area (Å²) in [4.78, 5) is 75.0. The quantitative estimate of drug-likeness (QED) is 0.197. The zero-order chi connectivity index (χ0) is 29.7. The van der Waals surface area contributed by atoms with Crippen LogP contribution in [-0.2, 0) is 57.2 Å². The Morgan fingerprint density at radius 1 is 1.08 bits per heavy atom. The van der Waals surface area contributed by atoms with E-state index in [9.17, 15) is 28.8 Å². The van der Waals surface area contributed by atoms with E-state index in [4.69, 9.17) is 28.4 Å². The lowest BCUT2D eigenvalue weighted by atomic mass is 9.83. The van der Waals surface area contributed by atoms with Crippen LogP contribution < -0.4 is 0 Å². The van der Waals surface area contributed by atoms with Crippen molar-refractivity contribution in [1.29, 1.82) is 0 Å². The summed E-state index contributed by atoms with van der Waals surface area (Å²) in [6, 6.07) is 0. The van der Waals surface area contributed by atoms with Gasteiger partial charge in [-0.3, -0.25) is 14.4 Å². The second kappa shape index (κ2) is 12.7. The maximum Gasteiger partial charge on any atom is 0.354 e. The third-order valence-corrected chi connectivity index (χ3v) is 6.41. The lowest BCUT2D eigenvalue weighted by Crippen LogP contribution is -2.55. The van der Waals surface area contributed by atoms with Crippen LogP contribution in [0.15, 0.2) is 35.5 Å². The number of hydrogen-bond donors (Lipinski definition) is 0. The summed E-state index contributed by atoms with van der Waals surface area (Å²) in [7, 11) is 1.13. The van der Waals surface area contributed by atoms with E-state index < -0.39 is 71.8 Å². The Morgan fingerprint density at radius 2 is 1.72 bits per heavy atom. The SMILES string of the molecule is C=C1C(=O)OC2/C=C(\C)CC/C=C(/C(=O)OC)C(OC(C)=O)C(OC(=O)C(C)(OC(C)=O)C(C)OC(C)=O)C12. The molecule has 214 valence electrons. The molecule has 1 aliphatic carbocycles. The van der Waals surface area contributed by atoms with Crippen LogP contribution in [0.2, 0.25) is 0 Å². The fourth-order valence-electron chi connectivity index (χ4n) is 4.38. The largest absolute Gasteiger partial charge is 0.466 e. The highest BCUT2D eigenvalue weighted by Crippen LogP contribution is 2.39. The zero-order valence-corrected chi connectivity index (χ0v) is 23.1. The van der Waals surface area contributed by atoms with Gasteiger partial charge in [0.15, 0.2) is 12.2 Å². The Kier molecular flexibility index (Phi) is 10.2. The summed E-state index contributed by atoms with van der Waals surface area (Å²) >= 11 is 0. The monoisotopic (exact) mass is 550 g/mol. The first kappa shape index (κ1) is 31.3. The molecule has 39 heavy (non-hydrogen) atoms. The van der Waals surface area contributed by atoms with Gasteiger partial charge in [0.25, 0.3) is 0 Å². The number of carbonyl (C=O) groups is 6. The van der Waals surface area contributed by atoms with Crippen LogP contribution in [0.4, 0.5) is 0 Å². The Morgan fingerprint density at radius 3 is 2.26 bits per heavy atom. The molecular weight excluding hydrogens is 516 g/mol. The summed E-state index contributed by atoms with van der Waals surface area (Å²) in [6.45, 7) is 11.3. The topological polar surface area (TPSA) is 158 Å². The van der Waals surface area contributed by atoms with Crippen LogP contribution in [0, 0.1) is 5.92 Å². The molecular formula is C27H34O12. The Labute approximate surface area is 226 Å². The molecule has 0 saturated carbocycles. The standard InChI is InChI=1S/C27H34O12/c1-13-10-9-11-19(25(32)34-8)22(36-17(5)29)23(21-14(2)24(31)37-20(21)12-13)38-26(33)27(7,39-18(6)30)15(3)35-16(4)28/h11-12,15,20-23H,2,9-10H2,1,3-8H3/b13-12+,19-11+. The van der Waals surface area contributed by atoms with Gasteiger partial charge in [0, 0.05) is 26.3 Å². The molecule has 1 fully saturated rings. The van der Waals surface area contributed by atoms with E-state index in [0.29, 0.717) is 12.8 Å². The first-order valence-electron chi connectivity index (χ1n) is 12.2. The molecule has 2 aliphatic rings. The van der Waals surface area contributed by atoms with Crippen molar-refractivity contribution < 1.29 is 57.2 Å². The third-order valence-electron chi connectivity index (χ3n) is 6.41. The van der Waals surface area contributed by atoms with Crippen molar-refractivity contribution in [2.45, 2.75) is 84.4 Å². The second-order valence-electron chi connectivity index (χ2n) is 9.48. The first-order valence-corrected chi connectivity index (χ1v) is 12.2. The van der Waals surface area contributed by atoms with Gasteiger partial charge in [-0.25, -0.2) is 14.4 Å². The number of carbonyl (C=O) groups excluding carboxylic acids is 6. The molecule has 2 rings (SSSR count). The maximum absolute atomic E-state index is 13.7. The minimum absolute atomic E-state index is 0.106. The molecule has 0 N–H and O–H groups in total. The molecule has 12 heteroatoms. The van der Waals surface area contributed by atoms with Gasteiger partial charge < -0.3 is 28.4 Å². The van der Waals surface area contributed by atoms with Crippen LogP contribution in [0.25, 0.3) is 0 Å². The molecule has 0 bridgehead atoms. The normalized spacial score (nSPS) is 28.0. The molecule has 1 heterocycles. The van der Waals surface area contributed by atoms with E-state index in [0.717, 1.165) is 33.5 Å². The number of methoxy groups -OCH3 is 1. The molecule has 0 amide bonds. The highest BCUT2D eigenvalue weighted by atomic mass is 16.6. The Hall–Kier alpha value is -3.96. The minimum atomic E-state index is -2.17. The summed E-state index contributed by atoms with van der Waals surface area (Å²) in [5.74, 6) is -6.46. The molecule has 0 spiro atoms. The van der Waals surface area contributed by atoms with Gasteiger partial charge in [-0.15, -0.1) is 0 Å². The van der Waals surface area contributed by atoms with Gasteiger partial charge in [0.05, 0.1) is 18.6 Å². The fourth-order valence-corrected chi connectivity index (χ4v) is 4.38. The second-order valence-corrected chi connectivity index (χ2v) is 9.48. The van der Waals surface area contributed by atoms with Crippen molar-refractivity contribution in [3.05, 3.63) is 35.5 Å². The van der Waals surface area contributed by atoms with Gasteiger partial charge in [-0.1, -0.05) is 18.2 Å². The Bertz CT molecular complexity index is 1120. The fraction of sp³-hybridized carbons (Fsp3) is 0.556. The summed E-state index contributed by atoms with van der Waals surface area (Å²) in [5.41, 5.74) is -1.62. The van der Waals surface area contributed by atoms with Crippen LogP contribution in [0.3, 0.4) is 0 Å². The van der Waals surface area contributed by atoms with Gasteiger partial charge in [0.2, 0.25) is 5.60 Å². The highest BCUT2D eigenvalue weighted by molar-refractivity contribution is 5.93. The van der Waals surface area contributed by atoms with E-state index >= 15 is 0 Å². The molecule has 12 nitrogen and oxygen atoms in total. The van der Waals surface area contributed by atoms with Crippen molar-refractivity contribution in [3.8, 4) is 0 Å². The average molecular weight is 551 g/mol. The van der Waals surface area contributed by atoms with E-state index in [1.54, 1.807) is 13.0 Å². The molecule has 0 aromatic carbocycles. The smallest absolute Gasteiger partial charge is 0.354 e. The van der Waals surface area contributed by atoms with Gasteiger partial charge >= 0.3 is 35.8 Å². The van der Waals surface area contributed by atoms with Crippen LogP contribution in [0.1, 0.15) is 54.4 Å². The Balaban J connectivity index is 2.76. The number of esters is 6. The molecule has 0 aromatic heterocycles. The van der Waals surface area contributed by atoms with Crippen LogP contribution in [0.5, 0.6) is 0 Å². The predicted molar refractivity (Wildman–Crippen MR) is 132 cm³/mol. The molecule has 0 aromatic rings. The van der Waals surface area contributed by atoms with E-state index in [1.165, 1.54) is 19.9 Å². The number of rotatable bonds is 7. The lowest BCUT2D eigenvalue weighted by molar-refractivity contribution is -0.206. The van der Waals surface area contributed by atoms with Crippen molar-refractivity contribution in [3.63, 3.8) is 0 Å². The van der Waals surface area contributed by atoms with Gasteiger partial charge in [0.1, 0.15) is 12.2 Å². The summed E-state index contributed by atoms with van der Waals surface area (Å²) in [6.07, 6.45) is -1.55. The average Bonchev–Trinajstić information content (AvgIpc) is 3.09. The zero-order valence-electron chi connectivity index (χ0n) is 23.1. The van der Waals surface area contributed by atoms with Gasteiger partial charge in [-0.05, 0) is 39.7 Å². The number of fused-ring (bicyclic) bond motifs is 1. The molecule has 1 saturated heterocycles. The number of allylic oxidation sites excluding steroid dienone is 2. The highest BCUT2D eigenvalue weighted by Gasteiger charge is 2.54. The molecule has 0 radical (unpaired) electrons. The number of hydrogen-bond acceptors (Lipinski definition) is 12. The predicted octanol–water partition coefficient (Wildman–Crippen LogP) is 2.04. The molecule has 6 unspecified atom stereocenters. The van der Waals surface area contributed by atoms with Crippen molar-refractivity contribution in [2.75, 3.05) is 7.11 Å². The molecule has 1 aliphatic heterocycles. The third kappa shape index (κ3) is 7.33. The first-order chi connectivity index (χ1) is 18.1. The summed E-state index contributed by atoms with van der Waals surface area (Å²) in [5, 5.41) is 0. The maximum atomic E-state index is 13.7. The van der Waals surface area contributed by atoms with Crippen LogP contribution in [-0.4, -0.2) is 72.9 Å². The molecule has 6 atom stereocenters. The van der Waals surface area contributed by atoms with Crippen LogP contribution >= 0.6 is 0 Å². The van der Waals surface area contributed by atoms with Crippen molar-refractivity contribution in [1.82, 2.24) is 0 Å². The van der Waals surface area contributed by atoms with Crippen molar-refractivity contribution >= 4 is 35.8 Å². The number of ether oxygens (including phenoxy) is 6. The minimum Gasteiger partial charge on any atom is -0.466 e.